The first kappa shape index (κ1) is 11.1. The Morgan fingerprint density at radius 1 is 1.50 bits per heavy atom. The molecule has 1 aromatic rings. The lowest BCUT2D eigenvalue weighted by Gasteiger charge is -2.14. The van der Waals surface area contributed by atoms with Gasteiger partial charge in [0.2, 0.25) is 5.89 Å². The van der Waals surface area contributed by atoms with Gasteiger partial charge >= 0.3 is 0 Å². The van der Waals surface area contributed by atoms with Crippen molar-refractivity contribution in [2.24, 2.45) is 0 Å². The maximum Gasteiger partial charge on any atom is 0.231 e. The smallest absolute Gasteiger partial charge is 0.231 e. The molecule has 0 saturated heterocycles. The number of ether oxygens (including phenoxy) is 1. The Morgan fingerprint density at radius 3 is 2.79 bits per heavy atom. The summed E-state index contributed by atoms with van der Waals surface area (Å²) in [7, 11) is 3.52. The molecule has 0 aliphatic carbocycles. The molecule has 0 fully saturated rings. The molecule has 0 spiro atoms. The minimum Gasteiger partial charge on any atom is -0.377 e. The Balaban J connectivity index is 2.65. The topological polar surface area (TPSA) is 60.2 Å². The van der Waals surface area contributed by atoms with Crippen LogP contribution in [0.25, 0.3) is 0 Å². The maximum absolute atomic E-state index is 5.12. The molecule has 5 heteroatoms. The lowest BCUT2D eigenvalue weighted by atomic mass is 10.0. The summed E-state index contributed by atoms with van der Waals surface area (Å²) < 4.78 is 10.0. The largest absolute Gasteiger partial charge is 0.377 e. The third-order valence-corrected chi connectivity index (χ3v) is 2.35. The predicted octanol–water partition coefficient (Wildman–Crippen LogP) is 0.927. The summed E-state index contributed by atoms with van der Waals surface area (Å²) in [5.74, 6) is 1.45. The van der Waals surface area contributed by atoms with E-state index in [4.69, 9.17) is 9.26 Å². The molecular formula is C9H17N3O2. The molecule has 1 rings (SSSR count). The number of hydrogen-bond acceptors (Lipinski definition) is 5. The minimum absolute atomic E-state index is 0.207. The van der Waals surface area contributed by atoms with Gasteiger partial charge in [-0.2, -0.15) is 4.98 Å². The lowest BCUT2D eigenvalue weighted by Crippen LogP contribution is -2.27. The summed E-state index contributed by atoms with van der Waals surface area (Å²) in [5.41, 5.74) is 0. The van der Waals surface area contributed by atoms with Crippen LogP contribution in [0.2, 0.25) is 0 Å². The summed E-state index contributed by atoms with van der Waals surface area (Å²) in [6.45, 7) is 4.51. The fourth-order valence-corrected chi connectivity index (χ4v) is 1.10. The van der Waals surface area contributed by atoms with Gasteiger partial charge in [-0.15, -0.1) is 0 Å². The number of nitrogens with zero attached hydrogens (tertiary/aromatic N) is 2. The van der Waals surface area contributed by atoms with Crippen LogP contribution < -0.4 is 5.32 Å². The summed E-state index contributed by atoms with van der Waals surface area (Å²) in [4.78, 5) is 4.23. The SMILES string of the molecule is CNC(C)C(C)c1nc(COC)no1. The number of hydrogen-bond donors (Lipinski definition) is 1. The fraction of sp³-hybridized carbons (Fsp3) is 0.778. The van der Waals surface area contributed by atoms with E-state index in [-0.39, 0.29) is 5.92 Å². The van der Waals surface area contributed by atoms with E-state index in [1.807, 2.05) is 14.0 Å². The standard InChI is InChI=1S/C9H17N3O2/c1-6(7(2)10-3)9-11-8(5-13-4)12-14-9/h6-7,10H,5H2,1-4H3. The number of methoxy groups -OCH3 is 1. The average Bonchev–Trinajstić information content (AvgIpc) is 2.64. The lowest BCUT2D eigenvalue weighted by molar-refractivity contribution is 0.174. The van der Waals surface area contributed by atoms with Gasteiger partial charge in [-0.3, -0.25) is 0 Å². The van der Waals surface area contributed by atoms with Gasteiger partial charge in [-0.1, -0.05) is 12.1 Å². The van der Waals surface area contributed by atoms with Gasteiger partial charge in [0.05, 0.1) is 5.92 Å². The number of rotatable bonds is 5. The van der Waals surface area contributed by atoms with Crippen molar-refractivity contribution in [3.63, 3.8) is 0 Å². The number of nitrogens with one attached hydrogen (secondary N) is 1. The van der Waals surface area contributed by atoms with E-state index in [0.29, 0.717) is 24.4 Å². The molecule has 2 atom stereocenters. The van der Waals surface area contributed by atoms with E-state index in [2.05, 4.69) is 22.4 Å². The Hall–Kier alpha value is -0.940. The van der Waals surface area contributed by atoms with Gasteiger partial charge in [-0.05, 0) is 14.0 Å². The van der Waals surface area contributed by atoms with Gasteiger partial charge in [0.15, 0.2) is 5.82 Å². The van der Waals surface area contributed by atoms with Crippen LogP contribution in [0.5, 0.6) is 0 Å². The molecule has 0 radical (unpaired) electrons. The molecule has 5 nitrogen and oxygen atoms in total. The molecule has 0 aliphatic rings. The van der Waals surface area contributed by atoms with Crippen LogP contribution in [0.4, 0.5) is 0 Å². The Morgan fingerprint density at radius 2 is 2.21 bits per heavy atom. The maximum atomic E-state index is 5.12. The van der Waals surface area contributed by atoms with Crippen LogP contribution in [0, 0.1) is 0 Å². The third kappa shape index (κ3) is 2.52. The second-order valence-corrected chi connectivity index (χ2v) is 3.35. The number of likely N-dealkylation sites (N-methyl/N-ethyl adjacent to an activating group) is 1. The van der Waals surface area contributed by atoms with Crippen molar-refractivity contribution in [2.75, 3.05) is 14.2 Å². The van der Waals surface area contributed by atoms with Crippen LogP contribution >= 0.6 is 0 Å². The first-order valence-corrected chi connectivity index (χ1v) is 4.67. The minimum atomic E-state index is 0.207. The van der Waals surface area contributed by atoms with Crippen molar-refractivity contribution < 1.29 is 9.26 Å². The molecule has 80 valence electrons. The zero-order chi connectivity index (χ0) is 10.6. The first-order valence-electron chi connectivity index (χ1n) is 4.67. The molecule has 1 heterocycles. The molecule has 0 amide bonds. The van der Waals surface area contributed by atoms with Gasteiger partial charge < -0.3 is 14.6 Å². The molecule has 0 aromatic carbocycles. The highest BCUT2D eigenvalue weighted by Crippen LogP contribution is 2.16. The van der Waals surface area contributed by atoms with Crippen LogP contribution in [-0.2, 0) is 11.3 Å². The fourth-order valence-electron chi connectivity index (χ4n) is 1.10. The van der Waals surface area contributed by atoms with Crippen molar-refractivity contribution in [1.82, 2.24) is 15.5 Å². The summed E-state index contributed by atoms with van der Waals surface area (Å²) >= 11 is 0. The van der Waals surface area contributed by atoms with Crippen molar-refractivity contribution in [3.8, 4) is 0 Å². The van der Waals surface area contributed by atoms with E-state index in [9.17, 15) is 0 Å². The highest BCUT2D eigenvalue weighted by molar-refractivity contribution is 4.95. The van der Waals surface area contributed by atoms with Crippen LogP contribution in [0.1, 0.15) is 31.5 Å². The molecule has 1 N–H and O–H groups in total. The van der Waals surface area contributed by atoms with E-state index >= 15 is 0 Å². The Labute approximate surface area is 83.8 Å². The number of aromatic nitrogens is 2. The normalized spacial score (nSPS) is 15.4. The predicted molar refractivity (Wildman–Crippen MR) is 51.9 cm³/mol. The van der Waals surface area contributed by atoms with Crippen LogP contribution in [0.15, 0.2) is 4.52 Å². The Bertz CT molecular complexity index is 275. The zero-order valence-corrected chi connectivity index (χ0v) is 9.07. The molecule has 1 aromatic heterocycles. The van der Waals surface area contributed by atoms with Crippen molar-refractivity contribution in [2.45, 2.75) is 32.4 Å². The van der Waals surface area contributed by atoms with E-state index in [1.54, 1.807) is 7.11 Å². The van der Waals surface area contributed by atoms with Crippen LogP contribution in [0.3, 0.4) is 0 Å². The van der Waals surface area contributed by atoms with Gasteiger partial charge in [0.25, 0.3) is 0 Å². The van der Waals surface area contributed by atoms with Gasteiger partial charge in [0, 0.05) is 13.2 Å². The molecule has 14 heavy (non-hydrogen) atoms. The first-order chi connectivity index (χ1) is 6.69. The Kier molecular flexibility index (Phi) is 4.03. The molecule has 2 unspecified atom stereocenters. The monoisotopic (exact) mass is 199 g/mol. The van der Waals surface area contributed by atoms with E-state index in [0.717, 1.165) is 0 Å². The summed E-state index contributed by atoms with van der Waals surface area (Å²) in [6.07, 6.45) is 0. The molecular weight excluding hydrogens is 182 g/mol. The van der Waals surface area contributed by atoms with Crippen molar-refractivity contribution in [3.05, 3.63) is 11.7 Å². The van der Waals surface area contributed by atoms with Gasteiger partial charge in [0.1, 0.15) is 6.61 Å². The summed E-state index contributed by atoms with van der Waals surface area (Å²) in [6, 6.07) is 0.311. The third-order valence-electron chi connectivity index (χ3n) is 2.35. The van der Waals surface area contributed by atoms with Crippen molar-refractivity contribution in [1.29, 1.82) is 0 Å². The van der Waals surface area contributed by atoms with Crippen molar-refractivity contribution >= 4 is 0 Å². The van der Waals surface area contributed by atoms with E-state index < -0.39 is 0 Å². The highest BCUT2D eigenvalue weighted by atomic mass is 16.5. The highest BCUT2D eigenvalue weighted by Gasteiger charge is 2.19. The van der Waals surface area contributed by atoms with Crippen LogP contribution in [-0.4, -0.2) is 30.3 Å². The average molecular weight is 199 g/mol. The second-order valence-electron chi connectivity index (χ2n) is 3.35. The molecule has 0 saturated carbocycles. The molecule has 0 aliphatic heterocycles. The second kappa shape index (κ2) is 5.07. The van der Waals surface area contributed by atoms with Gasteiger partial charge in [-0.25, -0.2) is 0 Å². The van der Waals surface area contributed by atoms with E-state index in [1.165, 1.54) is 0 Å². The summed E-state index contributed by atoms with van der Waals surface area (Å²) in [5, 5.41) is 6.95. The molecule has 0 bridgehead atoms. The quantitative estimate of drug-likeness (QED) is 0.764. The zero-order valence-electron chi connectivity index (χ0n) is 9.07.